The molecule has 0 aromatic carbocycles. The summed E-state index contributed by atoms with van der Waals surface area (Å²) in [5.74, 6) is 0. The molecule has 1 heteroatoms. The van der Waals surface area contributed by atoms with Crippen LogP contribution in [0.4, 0.5) is 0 Å². The smallest absolute Gasteiger partial charge is 0.0689 e. The second-order valence-corrected chi connectivity index (χ2v) is 2.64. The van der Waals surface area contributed by atoms with Crippen LogP contribution < -0.4 is 0 Å². The van der Waals surface area contributed by atoms with Crippen molar-refractivity contribution in [3.05, 3.63) is 24.8 Å². The van der Waals surface area contributed by atoms with Gasteiger partial charge >= 0.3 is 0 Å². The van der Waals surface area contributed by atoms with Crippen molar-refractivity contribution in [2.24, 2.45) is 5.41 Å². The molecule has 1 saturated heterocycles. The molecule has 0 spiro atoms. The van der Waals surface area contributed by atoms with Gasteiger partial charge in [0.15, 0.2) is 0 Å². The zero-order valence-electron chi connectivity index (χ0n) is 5.68. The summed E-state index contributed by atoms with van der Waals surface area (Å²) in [4.78, 5) is 0. The molecule has 0 N–H and O–H groups in total. The van der Waals surface area contributed by atoms with Crippen molar-refractivity contribution < 1.29 is 4.74 Å². The topological polar surface area (TPSA) is 9.23 Å². The van der Waals surface area contributed by atoms with Crippen LogP contribution in [0.15, 0.2) is 18.2 Å². The Hall–Kier alpha value is -0.560. The van der Waals surface area contributed by atoms with E-state index < -0.39 is 0 Å². The molecule has 1 unspecified atom stereocenters. The first-order valence-electron chi connectivity index (χ1n) is 3.02. The molecular weight excluding hydrogens is 112 g/mol. The standard InChI is InChI=1S/C8H11O/c1-4-8(3)6-9-5-7(8)2/h2,4H,1,5-6H2,3H3. The van der Waals surface area contributed by atoms with Gasteiger partial charge in [0.25, 0.3) is 0 Å². The highest BCUT2D eigenvalue weighted by molar-refractivity contribution is 5.18. The second kappa shape index (κ2) is 1.99. The lowest BCUT2D eigenvalue weighted by Crippen LogP contribution is -2.13. The minimum atomic E-state index is -0.0694. The van der Waals surface area contributed by atoms with E-state index in [0.29, 0.717) is 13.2 Å². The third-order valence-corrected chi connectivity index (χ3v) is 1.84. The lowest BCUT2D eigenvalue weighted by Gasteiger charge is -2.16. The van der Waals surface area contributed by atoms with E-state index in [1.165, 1.54) is 0 Å². The maximum atomic E-state index is 5.64. The van der Waals surface area contributed by atoms with Crippen molar-refractivity contribution >= 4 is 0 Å². The zero-order chi connectivity index (χ0) is 6.91. The first-order valence-corrected chi connectivity index (χ1v) is 3.02. The van der Waals surface area contributed by atoms with Crippen LogP contribution in [-0.4, -0.2) is 13.2 Å². The largest absolute Gasteiger partial charge is 0.376 e. The van der Waals surface area contributed by atoms with Gasteiger partial charge in [-0.2, -0.15) is 0 Å². The summed E-state index contributed by atoms with van der Waals surface area (Å²) in [5.41, 5.74) is 0.817. The van der Waals surface area contributed by atoms with Crippen LogP contribution in [-0.2, 0) is 4.74 Å². The van der Waals surface area contributed by atoms with Crippen molar-refractivity contribution in [1.29, 1.82) is 0 Å². The van der Waals surface area contributed by atoms with Gasteiger partial charge in [-0.15, -0.1) is 6.58 Å². The van der Waals surface area contributed by atoms with Crippen molar-refractivity contribution in [3.63, 3.8) is 0 Å². The Bertz CT molecular complexity index is 149. The van der Waals surface area contributed by atoms with E-state index in [9.17, 15) is 0 Å². The molecular formula is C8H11O. The summed E-state index contributed by atoms with van der Waals surface area (Å²) in [7, 11) is 0. The third-order valence-electron chi connectivity index (χ3n) is 1.84. The van der Waals surface area contributed by atoms with Gasteiger partial charge in [-0.25, -0.2) is 0 Å². The normalized spacial score (nSPS) is 35.0. The Balaban J connectivity index is 2.78. The molecule has 0 aliphatic carbocycles. The molecule has 0 bridgehead atoms. The van der Waals surface area contributed by atoms with Crippen LogP contribution in [0.2, 0.25) is 0 Å². The molecule has 1 rings (SSSR count). The molecule has 1 radical (unpaired) electrons. The first-order chi connectivity index (χ1) is 4.19. The van der Waals surface area contributed by atoms with Gasteiger partial charge in [0.1, 0.15) is 0 Å². The summed E-state index contributed by atoms with van der Waals surface area (Å²) < 4.78 is 5.13. The summed E-state index contributed by atoms with van der Waals surface area (Å²) in [5, 5.41) is 0. The van der Waals surface area contributed by atoms with Crippen molar-refractivity contribution in [2.75, 3.05) is 13.2 Å². The van der Waals surface area contributed by atoms with Crippen molar-refractivity contribution in [3.8, 4) is 0 Å². The lowest BCUT2D eigenvalue weighted by atomic mass is 9.86. The average molecular weight is 123 g/mol. The Morgan fingerprint density at radius 3 is 2.78 bits per heavy atom. The van der Waals surface area contributed by atoms with E-state index >= 15 is 0 Å². The molecule has 1 atom stereocenters. The fourth-order valence-electron chi connectivity index (χ4n) is 0.821. The maximum Gasteiger partial charge on any atom is 0.0689 e. The van der Waals surface area contributed by atoms with E-state index in [0.717, 1.165) is 5.57 Å². The number of hydrogen-bond donors (Lipinski definition) is 0. The highest BCUT2D eigenvalue weighted by atomic mass is 16.5. The van der Waals surface area contributed by atoms with Crippen LogP contribution in [0.1, 0.15) is 6.92 Å². The molecule has 1 aliphatic heterocycles. The summed E-state index contributed by atoms with van der Waals surface area (Å²) >= 11 is 0. The molecule has 0 amide bonds. The Morgan fingerprint density at radius 2 is 2.56 bits per heavy atom. The SMILES string of the molecule is [CH]=C1COCC1(C)C=C. The van der Waals surface area contributed by atoms with E-state index in [1.807, 2.05) is 13.0 Å². The van der Waals surface area contributed by atoms with Crippen LogP contribution in [0, 0.1) is 12.0 Å². The summed E-state index contributed by atoms with van der Waals surface area (Å²) in [6.45, 7) is 12.6. The van der Waals surface area contributed by atoms with Gasteiger partial charge in [-0.05, 0) is 5.57 Å². The lowest BCUT2D eigenvalue weighted by molar-refractivity contribution is 0.175. The minimum Gasteiger partial charge on any atom is -0.376 e. The van der Waals surface area contributed by atoms with E-state index in [2.05, 4.69) is 6.58 Å². The fourth-order valence-corrected chi connectivity index (χ4v) is 0.821. The van der Waals surface area contributed by atoms with Crippen LogP contribution in [0.25, 0.3) is 0 Å². The molecule has 1 heterocycles. The molecule has 1 nitrogen and oxygen atoms in total. The van der Waals surface area contributed by atoms with E-state index in [4.69, 9.17) is 11.3 Å². The van der Waals surface area contributed by atoms with Crippen LogP contribution >= 0.6 is 0 Å². The molecule has 0 aromatic rings. The van der Waals surface area contributed by atoms with E-state index in [-0.39, 0.29) is 5.41 Å². The monoisotopic (exact) mass is 123 g/mol. The van der Waals surface area contributed by atoms with Gasteiger partial charge in [-0.3, -0.25) is 0 Å². The van der Waals surface area contributed by atoms with Crippen LogP contribution in [0.3, 0.4) is 0 Å². The van der Waals surface area contributed by atoms with Gasteiger partial charge < -0.3 is 4.74 Å². The molecule has 1 aliphatic rings. The second-order valence-electron chi connectivity index (χ2n) is 2.64. The number of rotatable bonds is 1. The molecule has 9 heavy (non-hydrogen) atoms. The predicted molar refractivity (Wildman–Crippen MR) is 36.9 cm³/mol. The van der Waals surface area contributed by atoms with Gasteiger partial charge in [0.05, 0.1) is 13.2 Å². The summed E-state index contributed by atoms with van der Waals surface area (Å²) in [6, 6.07) is 0. The van der Waals surface area contributed by atoms with Gasteiger partial charge in [0.2, 0.25) is 0 Å². The summed E-state index contributed by atoms with van der Waals surface area (Å²) in [6.07, 6.45) is 1.84. The average Bonchev–Trinajstić information content (AvgIpc) is 2.15. The third kappa shape index (κ3) is 0.924. The zero-order valence-corrected chi connectivity index (χ0v) is 5.68. The highest BCUT2D eigenvalue weighted by Crippen LogP contribution is 2.32. The molecule has 1 fully saturated rings. The minimum absolute atomic E-state index is 0.0694. The molecule has 0 saturated carbocycles. The van der Waals surface area contributed by atoms with Crippen molar-refractivity contribution in [1.82, 2.24) is 0 Å². The predicted octanol–water partition coefficient (Wildman–Crippen LogP) is 1.57. The maximum absolute atomic E-state index is 5.64. The number of hydrogen-bond acceptors (Lipinski definition) is 1. The quantitative estimate of drug-likeness (QED) is 0.481. The first kappa shape index (κ1) is 6.56. The van der Waals surface area contributed by atoms with Crippen molar-refractivity contribution in [2.45, 2.75) is 6.92 Å². The van der Waals surface area contributed by atoms with Crippen LogP contribution in [0.5, 0.6) is 0 Å². The van der Waals surface area contributed by atoms with E-state index in [1.54, 1.807) is 0 Å². The van der Waals surface area contributed by atoms with Gasteiger partial charge in [-0.1, -0.05) is 19.6 Å². The number of ether oxygens (including phenoxy) is 1. The van der Waals surface area contributed by atoms with Gasteiger partial charge in [0, 0.05) is 5.41 Å². The highest BCUT2D eigenvalue weighted by Gasteiger charge is 2.29. The Labute approximate surface area is 56.0 Å². The molecule has 0 aromatic heterocycles. The Kier molecular flexibility index (Phi) is 1.45. The Morgan fingerprint density at radius 1 is 1.89 bits per heavy atom. The fraction of sp³-hybridized carbons (Fsp3) is 0.500. The molecule has 49 valence electrons.